The van der Waals surface area contributed by atoms with Crippen molar-refractivity contribution in [3.05, 3.63) is 65.5 Å². The molecule has 0 atom stereocenters. The Balaban J connectivity index is 2.24. The molecular formula is C16H18FNO2. The van der Waals surface area contributed by atoms with Crippen LogP contribution in [0.1, 0.15) is 11.1 Å². The summed E-state index contributed by atoms with van der Waals surface area (Å²) in [7, 11) is 0. The largest absolute Gasteiger partial charge is 0.395 e. The molecule has 0 spiro atoms. The first kappa shape index (κ1) is 14.5. The molecule has 0 radical (unpaired) electrons. The smallest absolute Gasteiger partial charge is 0.146 e. The Hall–Kier alpha value is -1.91. The third-order valence-electron chi connectivity index (χ3n) is 3.12. The van der Waals surface area contributed by atoms with Crippen LogP contribution in [0.3, 0.4) is 0 Å². The predicted molar refractivity (Wildman–Crippen MR) is 76.9 cm³/mol. The summed E-state index contributed by atoms with van der Waals surface area (Å²) < 4.78 is 14.1. The third-order valence-corrected chi connectivity index (χ3v) is 3.12. The van der Waals surface area contributed by atoms with E-state index >= 15 is 0 Å². The van der Waals surface area contributed by atoms with E-state index in [1.54, 1.807) is 17.0 Å². The van der Waals surface area contributed by atoms with E-state index in [2.05, 4.69) is 0 Å². The third kappa shape index (κ3) is 3.56. The molecule has 0 aliphatic heterocycles. The molecule has 2 N–H and O–H groups in total. The molecule has 2 aromatic rings. The number of benzene rings is 2. The molecule has 0 saturated heterocycles. The monoisotopic (exact) mass is 275 g/mol. The number of aliphatic hydroxyl groups is 2. The van der Waals surface area contributed by atoms with E-state index in [0.29, 0.717) is 24.3 Å². The van der Waals surface area contributed by atoms with Crippen molar-refractivity contribution in [2.75, 3.05) is 18.1 Å². The Kier molecular flexibility index (Phi) is 5.09. The van der Waals surface area contributed by atoms with Crippen molar-refractivity contribution in [2.24, 2.45) is 0 Å². The van der Waals surface area contributed by atoms with E-state index in [0.717, 1.165) is 5.56 Å². The lowest BCUT2D eigenvalue weighted by Gasteiger charge is -2.24. The number of hydrogen-bond donors (Lipinski definition) is 2. The molecule has 0 unspecified atom stereocenters. The first-order valence-electron chi connectivity index (χ1n) is 6.53. The molecule has 0 amide bonds. The van der Waals surface area contributed by atoms with Crippen LogP contribution in [0.4, 0.5) is 10.1 Å². The fraction of sp³-hybridized carbons (Fsp3) is 0.250. The molecule has 0 fully saturated rings. The summed E-state index contributed by atoms with van der Waals surface area (Å²) in [6.45, 7) is 0.644. The van der Waals surface area contributed by atoms with Crippen molar-refractivity contribution in [3.8, 4) is 0 Å². The Morgan fingerprint density at radius 2 is 1.70 bits per heavy atom. The Bertz CT molecular complexity index is 545. The fourth-order valence-electron chi connectivity index (χ4n) is 2.11. The first-order chi connectivity index (χ1) is 9.74. The van der Waals surface area contributed by atoms with Crippen LogP contribution in [-0.2, 0) is 13.2 Å². The molecule has 20 heavy (non-hydrogen) atoms. The first-order valence-corrected chi connectivity index (χ1v) is 6.53. The molecule has 3 nitrogen and oxygen atoms in total. The van der Waals surface area contributed by atoms with E-state index < -0.39 is 0 Å². The molecule has 0 aliphatic rings. The zero-order chi connectivity index (χ0) is 14.4. The second-order valence-electron chi connectivity index (χ2n) is 4.57. The van der Waals surface area contributed by atoms with Gasteiger partial charge in [0, 0.05) is 13.1 Å². The average Bonchev–Trinajstić information content (AvgIpc) is 2.48. The van der Waals surface area contributed by atoms with Crippen LogP contribution in [0.5, 0.6) is 0 Å². The second kappa shape index (κ2) is 7.03. The van der Waals surface area contributed by atoms with Crippen LogP contribution >= 0.6 is 0 Å². The van der Waals surface area contributed by atoms with Crippen LogP contribution in [-0.4, -0.2) is 23.4 Å². The predicted octanol–water partition coefficient (Wildman–Crippen LogP) is 2.32. The van der Waals surface area contributed by atoms with Crippen molar-refractivity contribution in [3.63, 3.8) is 0 Å². The lowest BCUT2D eigenvalue weighted by atomic mass is 10.1. The number of hydrogen-bond acceptors (Lipinski definition) is 3. The van der Waals surface area contributed by atoms with E-state index in [9.17, 15) is 4.39 Å². The van der Waals surface area contributed by atoms with Gasteiger partial charge in [-0.3, -0.25) is 0 Å². The summed E-state index contributed by atoms with van der Waals surface area (Å²) in [6.07, 6.45) is 0. The van der Waals surface area contributed by atoms with Crippen LogP contribution < -0.4 is 4.90 Å². The Morgan fingerprint density at radius 1 is 0.950 bits per heavy atom. The molecule has 0 bridgehead atoms. The lowest BCUT2D eigenvalue weighted by Crippen LogP contribution is -2.27. The summed E-state index contributed by atoms with van der Waals surface area (Å²) in [5.41, 5.74) is 2.02. The van der Waals surface area contributed by atoms with Crippen LogP contribution in [0.15, 0.2) is 48.5 Å². The zero-order valence-corrected chi connectivity index (χ0v) is 11.2. The van der Waals surface area contributed by atoms with Gasteiger partial charge in [-0.1, -0.05) is 36.4 Å². The Morgan fingerprint density at radius 3 is 2.30 bits per heavy atom. The van der Waals surface area contributed by atoms with Crippen molar-refractivity contribution >= 4 is 5.69 Å². The Labute approximate surface area is 117 Å². The van der Waals surface area contributed by atoms with Gasteiger partial charge in [0.2, 0.25) is 0 Å². The maximum atomic E-state index is 14.1. The molecule has 2 rings (SSSR count). The van der Waals surface area contributed by atoms with Crippen LogP contribution in [0.25, 0.3) is 0 Å². The topological polar surface area (TPSA) is 43.7 Å². The normalized spacial score (nSPS) is 10.6. The second-order valence-corrected chi connectivity index (χ2v) is 4.57. The lowest BCUT2D eigenvalue weighted by molar-refractivity contribution is 0.281. The summed E-state index contributed by atoms with van der Waals surface area (Å²) in [6, 6.07) is 14.4. The van der Waals surface area contributed by atoms with Gasteiger partial charge in [0.25, 0.3) is 0 Å². The zero-order valence-electron chi connectivity index (χ0n) is 11.2. The van der Waals surface area contributed by atoms with Gasteiger partial charge in [0.15, 0.2) is 0 Å². The molecular weight excluding hydrogens is 257 g/mol. The van der Waals surface area contributed by atoms with Gasteiger partial charge < -0.3 is 15.1 Å². The molecule has 2 aromatic carbocycles. The highest BCUT2D eigenvalue weighted by Gasteiger charge is 2.12. The highest BCUT2D eigenvalue weighted by atomic mass is 19.1. The van der Waals surface area contributed by atoms with Gasteiger partial charge in [-0.2, -0.15) is 0 Å². The number of aliphatic hydroxyl groups excluding tert-OH is 2. The van der Waals surface area contributed by atoms with Gasteiger partial charge in [0.05, 0.1) is 18.9 Å². The SMILES string of the molecule is OCCN(Cc1ccccc1)c1ccc(CO)cc1F. The summed E-state index contributed by atoms with van der Waals surface area (Å²) in [5.74, 6) is -0.388. The quantitative estimate of drug-likeness (QED) is 0.850. The van der Waals surface area contributed by atoms with Crippen molar-refractivity contribution in [2.45, 2.75) is 13.2 Å². The van der Waals surface area contributed by atoms with Gasteiger partial charge in [0.1, 0.15) is 5.82 Å². The minimum absolute atomic E-state index is 0.0476. The number of rotatable bonds is 6. The van der Waals surface area contributed by atoms with Gasteiger partial charge in [-0.15, -0.1) is 0 Å². The average molecular weight is 275 g/mol. The maximum Gasteiger partial charge on any atom is 0.146 e. The molecule has 4 heteroatoms. The minimum atomic E-state index is -0.388. The van der Waals surface area contributed by atoms with E-state index in [1.165, 1.54) is 6.07 Å². The van der Waals surface area contributed by atoms with Gasteiger partial charge in [-0.05, 0) is 23.3 Å². The molecule has 106 valence electrons. The summed E-state index contributed by atoms with van der Waals surface area (Å²) in [5, 5.41) is 18.2. The standard InChI is InChI=1S/C16H18FNO2/c17-15-10-14(12-20)6-7-16(15)18(8-9-19)11-13-4-2-1-3-5-13/h1-7,10,19-20H,8-9,11-12H2. The summed E-state index contributed by atoms with van der Waals surface area (Å²) in [4.78, 5) is 1.78. The molecule has 0 aromatic heterocycles. The highest BCUT2D eigenvalue weighted by molar-refractivity contribution is 5.49. The van der Waals surface area contributed by atoms with Crippen molar-refractivity contribution < 1.29 is 14.6 Å². The van der Waals surface area contributed by atoms with E-state index in [1.807, 2.05) is 30.3 Å². The van der Waals surface area contributed by atoms with E-state index in [4.69, 9.17) is 10.2 Å². The van der Waals surface area contributed by atoms with Crippen LogP contribution in [0.2, 0.25) is 0 Å². The fourth-order valence-corrected chi connectivity index (χ4v) is 2.11. The number of nitrogens with zero attached hydrogens (tertiary/aromatic N) is 1. The maximum absolute atomic E-state index is 14.1. The number of anilines is 1. The summed E-state index contributed by atoms with van der Waals surface area (Å²) >= 11 is 0. The molecule has 0 aliphatic carbocycles. The van der Waals surface area contributed by atoms with Gasteiger partial charge >= 0.3 is 0 Å². The van der Waals surface area contributed by atoms with Crippen molar-refractivity contribution in [1.29, 1.82) is 0 Å². The molecule has 0 saturated carbocycles. The van der Waals surface area contributed by atoms with Gasteiger partial charge in [-0.25, -0.2) is 4.39 Å². The van der Waals surface area contributed by atoms with Crippen molar-refractivity contribution in [1.82, 2.24) is 0 Å². The minimum Gasteiger partial charge on any atom is -0.395 e. The number of halogens is 1. The van der Waals surface area contributed by atoms with E-state index in [-0.39, 0.29) is 19.0 Å². The van der Waals surface area contributed by atoms with Crippen LogP contribution in [0, 0.1) is 5.82 Å². The highest BCUT2D eigenvalue weighted by Crippen LogP contribution is 2.22. The molecule has 0 heterocycles.